The summed E-state index contributed by atoms with van der Waals surface area (Å²) in [6, 6.07) is 0. The van der Waals surface area contributed by atoms with Gasteiger partial charge in [0.05, 0.1) is 5.92 Å². The van der Waals surface area contributed by atoms with E-state index in [0.29, 0.717) is 6.42 Å². The van der Waals surface area contributed by atoms with E-state index in [9.17, 15) is 9.90 Å². The summed E-state index contributed by atoms with van der Waals surface area (Å²) in [4.78, 5) is 11.3. The fraction of sp³-hybridized carbons (Fsp3) is 0.533. The second-order valence-corrected chi connectivity index (χ2v) is 4.83. The van der Waals surface area contributed by atoms with Gasteiger partial charge in [0.2, 0.25) is 0 Å². The van der Waals surface area contributed by atoms with Crippen LogP contribution in [0, 0.1) is 18.3 Å². The summed E-state index contributed by atoms with van der Waals surface area (Å²) in [6.45, 7) is 5.38. The molecule has 0 aromatic heterocycles. The number of hydrogen-bond acceptors (Lipinski definition) is 3. The summed E-state index contributed by atoms with van der Waals surface area (Å²) in [5.41, 5.74) is 0. The van der Waals surface area contributed by atoms with E-state index >= 15 is 0 Å². The van der Waals surface area contributed by atoms with Crippen molar-refractivity contribution in [3.05, 3.63) is 24.3 Å². The normalized spacial score (nSPS) is 27.7. The highest BCUT2D eigenvalue weighted by atomic mass is 16.8. The van der Waals surface area contributed by atoms with Gasteiger partial charge in [-0.1, -0.05) is 31.1 Å². The Morgan fingerprint density at radius 1 is 1.47 bits per heavy atom. The molecule has 0 spiro atoms. The predicted molar refractivity (Wildman–Crippen MR) is 72.4 cm³/mol. The van der Waals surface area contributed by atoms with E-state index in [1.54, 1.807) is 38.2 Å². The Morgan fingerprint density at radius 2 is 2.16 bits per heavy atom. The number of aliphatic carboxylic acids is 1. The second-order valence-electron chi connectivity index (χ2n) is 4.83. The Hall–Kier alpha value is -1.57. The van der Waals surface area contributed by atoms with Crippen molar-refractivity contribution in [3.63, 3.8) is 0 Å². The third kappa shape index (κ3) is 4.23. The van der Waals surface area contributed by atoms with E-state index in [-0.39, 0.29) is 0 Å². The van der Waals surface area contributed by atoms with Gasteiger partial charge in [-0.3, -0.25) is 4.79 Å². The fourth-order valence-corrected chi connectivity index (χ4v) is 2.11. The lowest BCUT2D eigenvalue weighted by atomic mass is 9.95. The lowest BCUT2D eigenvalue weighted by Crippen LogP contribution is -2.35. The highest BCUT2D eigenvalue weighted by molar-refractivity contribution is 5.70. The van der Waals surface area contributed by atoms with Crippen molar-refractivity contribution in [2.75, 3.05) is 0 Å². The molecule has 0 amide bonds. The molecule has 1 aliphatic heterocycles. The first-order chi connectivity index (χ1) is 8.91. The largest absolute Gasteiger partial charge is 0.481 e. The first-order valence-corrected chi connectivity index (χ1v) is 6.29. The third-order valence-corrected chi connectivity index (χ3v) is 2.92. The van der Waals surface area contributed by atoms with E-state index in [4.69, 9.17) is 15.9 Å². The van der Waals surface area contributed by atoms with Crippen LogP contribution in [0.1, 0.15) is 27.2 Å². The van der Waals surface area contributed by atoms with Crippen molar-refractivity contribution >= 4 is 5.97 Å². The molecular formula is C15H20O4. The van der Waals surface area contributed by atoms with E-state index in [1.807, 2.05) is 6.92 Å². The number of carboxylic acids is 1. The van der Waals surface area contributed by atoms with Crippen LogP contribution in [0.15, 0.2) is 24.3 Å². The van der Waals surface area contributed by atoms with Crippen LogP contribution in [0.5, 0.6) is 0 Å². The van der Waals surface area contributed by atoms with Gasteiger partial charge in [-0.2, -0.15) is 0 Å². The summed E-state index contributed by atoms with van der Waals surface area (Å²) in [7, 11) is 0. The zero-order valence-electron chi connectivity index (χ0n) is 11.5. The van der Waals surface area contributed by atoms with Gasteiger partial charge < -0.3 is 14.6 Å². The quantitative estimate of drug-likeness (QED) is 0.612. The number of rotatable bonds is 5. The first-order valence-electron chi connectivity index (χ1n) is 6.29. The summed E-state index contributed by atoms with van der Waals surface area (Å²) >= 11 is 0. The number of carboxylic acid groups (broad SMARTS) is 1. The molecule has 0 saturated carbocycles. The van der Waals surface area contributed by atoms with Crippen LogP contribution >= 0.6 is 0 Å². The van der Waals surface area contributed by atoms with E-state index in [0.717, 1.165) is 0 Å². The molecule has 1 heterocycles. The van der Waals surface area contributed by atoms with Crippen LogP contribution in [-0.4, -0.2) is 29.1 Å². The van der Waals surface area contributed by atoms with Gasteiger partial charge >= 0.3 is 5.97 Å². The zero-order chi connectivity index (χ0) is 14.5. The van der Waals surface area contributed by atoms with Crippen LogP contribution < -0.4 is 0 Å². The molecule has 1 rings (SSSR count). The average molecular weight is 264 g/mol. The molecule has 1 aliphatic rings. The molecule has 4 heteroatoms. The number of ether oxygens (including phenoxy) is 2. The summed E-state index contributed by atoms with van der Waals surface area (Å²) in [6.07, 6.45) is 11.5. The van der Waals surface area contributed by atoms with Gasteiger partial charge in [-0.05, 0) is 26.3 Å². The van der Waals surface area contributed by atoms with Crippen molar-refractivity contribution in [3.8, 4) is 12.3 Å². The van der Waals surface area contributed by atoms with Crippen LogP contribution in [0.2, 0.25) is 0 Å². The molecule has 3 atom stereocenters. The topological polar surface area (TPSA) is 55.8 Å². The van der Waals surface area contributed by atoms with Gasteiger partial charge in [0.15, 0.2) is 5.79 Å². The highest BCUT2D eigenvalue weighted by Gasteiger charge is 2.45. The SMILES string of the molecule is C#C/C=C/C=C\[C@H]1OC(C)(C)O[C@H]1C(CC)C(=O)O. The van der Waals surface area contributed by atoms with Crippen LogP contribution in [0.25, 0.3) is 0 Å². The summed E-state index contributed by atoms with van der Waals surface area (Å²) in [5, 5.41) is 9.23. The zero-order valence-corrected chi connectivity index (χ0v) is 11.5. The molecule has 1 saturated heterocycles. The predicted octanol–water partition coefficient (Wildman–Crippen LogP) is 2.36. The van der Waals surface area contributed by atoms with Gasteiger partial charge in [0, 0.05) is 0 Å². The third-order valence-electron chi connectivity index (χ3n) is 2.92. The fourth-order valence-electron chi connectivity index (χ4n) is 2.11. The van der Waals surface area contributed by atoms with Crippen LogP contribution in [0.3, 0.4) is 0 Å². The molecule has 0 bridgehead atoms. The number of terminal acetylenes is 1. The molecular weight excluding hydrogens is 244 g/mol. The molecule has 19 heavy (non-hydrogen) atoms. The summed E-state index contributed by atoms with van der Waals surface area (Å²) < 4.78 is 11.4. The molecule has 0 aliphatic carbocycles. The Morgan fingerprint density at radius 3 is 2.68 bits per heavy atom. The minimum absolute atomic E-state index is 0.390. The van der Waals surface area contributed by atoms with Crippen LogP contribution in [0.4, 0.5) is 0 Å². The number of hydrogen-bond donors (Lipinski definition) is 1. The lowest BCUT2D eigenvalue weighted by Gasteiger charge is -2.21. The van der Waals surface area contributed by atoms with E-state index < -0.39 is 29.9 Å². The van der Waals surface area contributed by atoms with Gasteiger partial charge in [-0.25, -0.2) is 0 Å². The Balaban J connectivity index is 2.87. The van der Waals surface area contributed by atoms with Gasteiger partial charge in [0.1, 0.15) is 12.2 Å². The smallest absolute Gasteiger partial charge is 0.309 e. The maximum absolute atomic E-state index is 11.3. The van der Waals surface area contributed by atoms with Crippen molar-refractivity contribution in [1.82, 2.24) is 0 Å². The van der Waals surface area contributed by atoms with Crippen molar-refractivity contribution in [2.24, 2.45) is 5.92 Å². The number of allylic oxidation sites excluding steroid dienone is 3. The minimum Gasteiger partial charge on any atom is -0.481 e. The molecule has 1 unspecified atom stereocenters. The molecule has 4 nitrogen and oxygen atoms in total. The van der Waals surface area contributed by atoms with Gasteiger partial charge in [0.25, 0.3) is 0 Å². The monoisotopic (exact) mass is 264 g/mol. The first kappa shape index (κ1) is 15.5. The molecule has 0 aromatic carbocycles. The van der Waals surface area contributed by atoms with Gasteiger partial charge in [-0.15, -0.1) is 6.42 Å². The lowest BCUT2D eigenvalue weighted by molar-refractivity contribution is -0.160. The summed E-state index contributed by atoms with van der Waals surface area (Å²) in [5.74, 6) is 0.136. The maximum Gasteiger partial charge on any atom is 0.309 e. The van der Waals surface area contributed by atoms with Crippen molar-refractivity contribution < 1.29 is 19.4 Å². The average Bonchev–Trinajstić information content (AvgIpc) is 2.61. The standard InChI is InChI=1S/C15H20O4/c1-5-7-8-9-10-12-13(11(6-2)14(16)17)19-15(3,4)18-12/h1,7-13H,6H2,2-4H3,(H,16,17)/b8-7+,10-9-/t11?,12-,13+/m1/s1. The van der Waals surface area contributed by atoms with E-state index in [2.05, 4.69) is 5.92 Å². The molecule has 0 radical (unpaired) electrons. The molecule has 0 aromatic rings. The Kier molecular flexibility index (Phi) is 5.34. The second kappa shape index (κ2) is 6.55. The minimum atomic E-state index is -0.869. The van der Waals surface area contributed by atoms with Crippen LogP contribution in [-0.2, 0) is 14.3 Å². The molecule has 1 fully saturated rings. The van der Waals surface area contributed by atoms with Crippen molar-refractivity contribution in [1.29, 1.82) is 0 Å². The molecule has 104 valence electrons. The Bertz CT molecular complexity index is 414. The van der Waals surface area contributed by atoms with E-state index in [1.165, 1.54) is 0 Å². The number of carbonyl (C=O) groups is 1. The highest BCUT2D eigenvalue weighted by Crippen LogP contribution is 2.34. The maximum atomic E-state index is 11.3. The molecule has 1 N–H and O–H groups in total. The van der Waals surface area contributed by atoms with Crippen molar-refractivity contribution in [2.45, 2.75) is 45.2 Å². The Labute approximate surface area is 114 Å².